The van der Waals surface area contributed by atoms with Crippen LogP contribution in [0, 0.1) is 9.49 Å². The lowest BCUT2D eigenvalue weighted by molar-refractivity contribution is 0.0651. The molecule has 0 saturated carbocycles. The maximum absolute atomic E-state index is 12.7. The summed E-state index contributed by atoms with van der Waals surface area (Å²) in [6.07, 6.45) is 4.85. The molecule has 3 nitrogen and oxygen atoms in total. The van der Waals surface area contributed by atoms with Crippen LogP contribution in [0.15, 0.2) is 18.2 Å². The topological polar surface area (TPSA) is 32.3 Å². The normalized spacial score (nSPS) is 26.1. The van der Waals surface area contributed by atoms with Gasteiger partial charge in [-0.1, -0.05) is 11.6 Å². The fourth-order valence-corrected chi connectivity index (χ4v) is 3.96. The number of amides is 1. The average Bonchev–Trinajstić information content (AvgIpc) is 3.04. The van der Waals surface area contributed by atoms with Gasteiger partial charge < -0.3 is 10.2 Å². The van der Waals surface area contributed by atoms with Gasteiger partial charge in [-0.25, -0.2) is 0 Å². The Kier molecular flexibility index (Phi) is 5.07. The highest BCUT2D eigenvalue weighted by atomic mass is 127. The van der Waals surface area contributed by atoms with Crippen LogP contribution in [0.25, 0.3) is 0 Å². The van der Waals surface area contributed by atoms with Crippen LogP contribution in [-0.2, 0) is 0 Å². The molecular weight excluding hydrogens is 399 g/mol. The molecule has 0 bridgehead atoms. The summed E-state index contributed by atoms with van der Waals surface area (Å²) in [5.74, 6) is 0.723. The van der Waals surface area contributed by atoms with Gasteiger partial charge in [-0.05, 0) is 78.9 Å². The SMILES string of the molecule is O=C(c1ccc(I)c(Cl)c1)N1CCCC(C2CCCN2)C1. The zero-order valence-electron chi connectivity index (χ0n) is 11.9. The molecule has 0 radical (unpaired) electrons. The minimum atomic E-state index is 0.121. The second-order valence-corrected chi connectivity index (χ2v) is 7.55. The summed E-state index contributed by atoms with van der Waals surface area (Å²) >= 11 is 8.32. The van der Waals surface area contributed by atoms with Crippen molar-refractivity contribution in [3.8, 4) is 0 Å². The number of nitrogens with one attached hydrogen (secondary N) is 1. The summed E-state index contributed by atoms with van der Waals surface area (Å²) in [5.41, 5.74) is 0.709. The largest absolute Gasteiger partial charge is 0.338 e. The minimum Gasteiger partial charge on any atom is -0.338 e. The third-order valence-electron chi connectivity index (χ3n) is 4.58. The van der Waals surface area contributed by atoms with Gasteiger partial charge >= 0.3 is 0 Å². The molecule has 2 heterocycles. The molecule has 1 aromatic carbocycles. The van der Waals surface area contributed by atoms with Crippen LogP contribution >= 0.6 is 34.2 Å². The van der Waals surface area contributed by atoms with Crippen LogP contribution in [0.5, 0.6) is 0 Å². The summed E-state index contributed by atoms with van der Waals surface area (Å²) in [4.78, 5) is 14.7. The molecule has 1 amide bonds. The first-order chi connectivity index (χ1) is 10.1. The Bertz CT molecular complexity index is 531. The van der Waals surface area contributed by atoms with Crippen LogP contribution in [-0.4, -0.2) is 36.5 Å². The fourth-order valence-electron chi connectivity index (χ4n) is 3.45. The number of hydrogen-bond acceptors (Lipinski definition) is 2. The molecule has 2 saturated heterocycles. The van der Waals surface area contributed by atoms with E-state index in [1.165, 1.54) is 19.3 Å². The number of nitrogens with zero attached hydrogens (tertiary/aromatic N) is 1. The molecule has 1 N–H and O–H groups in total. The van der Waals surface area contributed by atoms with Gasteiger partial charge in [-0.2, -0.15) is 0 Å². The zero-order valence-corrected chi connectivity index (χ0v) is 14.9. The van der Waals surface area contributed by atoms with Gasteiger partial charge in [0.15, 0.2) is 0 Å². The Balaban J connectivity index is 1.70. The Labute approximate surface area is 144 Å². The van der Waals surface area contributed by atoms with Crippen molar-refractivity contribution in [2.75, 3.05) is 19.6 Å². The third-order valence-corrected chi connectivity index (χ3v) is 6.15. The first kappa shape index (κ1) is 15.6. The lowest BCUT2D eigenvalue weighted by Crippen LogP contribution is -2.45. The maximum Gasteiger partial charge on any atom is 0.253 e. The number of carbonyl (C=O) groups excluding carboxylic acids is 1. The van der Waals surface area contributed by atoms with Gasteiger partial charge in [0.25, 0.3) is 5.91 Å². The summed E-state index contributed by atoms with van der Waals surface area (Å²) in [7, 11) is 0. The summed E-state index contributed by atoms with van der Waals surface area (Å²) < 4.78 is 0.984. The Morgan fingerprint density at radius 3 is 2.90 bits per heavy atom. The van der Waals surface area contributed by atoms with Gasteiger partial charge in [-0.15, -0.1) is 0 Å². The van der Waals surface area contributed by atoms with Crippen molar-refractivity contribution in [2.24, 2.45) is 5.92 Å². The molecule has 2 aliphatic rings. The number of hydrogen-bond donors (Lipinski definition) is 1. The Hall–Kier alpha value is -0.330. The van der Waals surface area contributed by atoms with E-state index < -0.39 is 0 Å². The Morgan fingerprint density at radius 2 is 2.19 bits per heavy atom. The molecule has 1 aromatic rings. The van der Waals surface area contributed by atoms with E-state index >= 15 is 0 Å². The molecule has 21 heavy (non-hydrogen) atoms. The zero-order chi connectivity index (χ0) is 14.8. The van der Waals surface area contributed by atoms with E-state index in [9.17, 15) is 4.79 Å². The molecule has 2 unspecified atom stereocenters. The van der Waals surface area contributed by atoms with Crippen LogP contribution < -0.4 is 5.32 Å². The van der Waals surface area contributed by atoms with E-state index in [1.54, 1.807) is 6.07 Å². The number of likely N-dealkylation sites (tertiary alicyclic amines) is 1. The van der Waals surface area contributed by atoms with Crippen molar-refractivity contribution in [3.63, 3.8) is 0 Å². The molecule has 114 valence electrons. The fraction of sp³-hybridized carbons (Fsp3) is 0.562. The standard InChI is InChI=1S/C16H20ClIN2O/c17-13-9-11(5-6-14(13)18)16(21)20-8-2-3-12(10-20)15-4-1-7-19-15/h5-6,9,12,15,19H,1-4,7-8,10H2. The molecule has 2 atom stereocenters. The predicted octanol–water partition coefficient (Wildman–Crippen LogP) is 3.55. The smallest absolute Gasteiger partial charge is 0.253 e. The molecule has 3 rings (SSSR count). The van der Waals surface area contributed by atoms with Crippen molar-refractivity contribution < 1.29 is 4.79 Å². The van der Waals surface area contributed by atoms with Crippen molar-refractivity contribution in [3.05, 3.63) is 32.4 Å². The van der Waals surface area contributed by atoms with Crippen molar-refractivity contribution >= 4 is 40.1 Å². The van der Waals surface area contributed by atoms with E-state index in [1.807, 2.05) is 17.0 Å². The average molecular weight is 419 g/mol. The number of piperidine rings is 1. The second kappa shape index (κ2) is 6.84. The van der Waals surface area contributed by atoms with Gasteiger partial charge in [-0.3, -0.25) is 4.79 Å². The second-order valence-electron chi connectivity index (χ2n) is 5.99. The minimum absolute atomic E-state index is 0.121. The van der Waals surface area contributed by atoms with E-state index in [-0.39, 0.29) is 5.91 Å². The van der Waals surface area contributed by atoms with Gasteiger partial charge in [0.1, 0.15) is 0 Å². The van der Waals surface area contributed by atoms with Gasteiger partial charge in [0.05, 0.1) is 5.02 Å². The van der Waals surface area contributed by atoms with E-state index in [2.05, 4.69) is 27.9 Å². The molecule has 2 aliphatic heterocycles. The molecule has 0 aromatic heterocycles. The number of rotatable bonds is 2. The first-order valence-corrected chi connectivity index (χ1v) is 9.08. The van der Waals surface area contributed by atoms with E-state index in [0.717, 1.165) is 29.6 Å². The number of halogens is 2. The molecule has 5 heteroatoms. The lowest BCUT2D eigenvalue weighted by Gasteiger charge is -2.36. The van der Waals surface area contributed by atoms with Crippen molar-refractivity contribution in [1.82, 2.24) is 10.2 Å². The third kappa shape index (κ3) is 3.54. The number of carbonyl (C=O) groups is 1. The Morgan fingerprint density at radius 1 is 1.33 bits per heavy atom. The lowest BCUT2D eigenvalue weighted by atomic mass is 9.89. The summed E-state index contributed by atoms with van der Waals surface area (Å²) in [6.45, 7) is 2.87. The van der Waals surface area contributed by atoms with Gasteiger partial charge in [0, 0.05) is 28.3 Å². The van der Waals surface area contributed by atoms with Crippen LogP contribution in [0.1, 0.15) is 36.0 Å². The van der Waals surface area contributed by atoms with Gasteiger partial charge in [0.2, 0.25) is 0 Å². The van der Waals surface area contributed by atoms with E-state index in [4.69, 9.17) is 11.6 Å². The summed E-state index contributed by atoms with van der Waals surface area (Å²) in [6, 6.07) is 6.19. The highest BCUT2D eigenvalue weighted by molar-refractivity contribution is 14.1. The predicted molar refractivity (Wildman–Crippen MR) is 93.8 cm³/mol. The maximum atomic E-state index is 12.7. The van der Waals surface area contributed by atoms with Crippen molar-refractivity contribution in [1.29, 1.82) is 0 Å². The highest BCUT2D eigenvalue weighted by Crippen LogP contribution is 2.26. The van der Waals surface area contributed by atoms with Crippen molar-refractivity contribution in [2.45, 2.75) is 31.7 Å². The molecule has 0 spiro atoms. The monoisotopic (exact) mass is 418 g/mol. The van der Waals surface area contributed by atoms with Crippen LogP contribution in [0.4, 0.5) is 0 Å². The molecular formula is C16H20ClIN2O. The van der Waals surface area contributed by atoms with Crippen LogP contribution in [0.3, 0.4) is 0 Å². The first-order valence-electron chi connectivity index (χ1n) is 7.63. The molecule has 0 aliphatic carbocycles. The number of benzene rings is 1. The summed E-state index contributed by atoms with van der Waals surface area (Å²) in [5, 5.41) is 4.24. The highest BCUT2D eigenvalue weighted by Gasteiger charge is 2.31. The van der Waals surface area contributed by atoms with Crippen LogP contribution in [0.2, 0.25) is 5.02 Å². The van der Waals surface area contributed by atoms with E-state index in [0.29, 0.717) is 22.5 Å². The molecule has 2 fully saturated rings. The quantitative estimate of drug-likeness (QED) is 0.745.